The smallest absolute Gasteiger partial charge is 0.248 e. The molecule has 220 valence electrons. The fraction of sp³-hybridized carbons (Fsp3) is 0.594. The minimum atomic E-state index is -1.00. The number of benzene rings is 2. The molecular weight excluding hydrogens is 510 g/mol. The van der Waals surface area contributed by atoms with Crippen molar-refractivity contribution in [2.24, 2.45) is 17.6 Å². The van der Waals surface area contributed by atoms with E-state index in [1.165, 1.54) is 11.1 Å². The lowest BCUT2D eigenvalue weighted by atomic mass is 9.81. The average Bonchev–Trinajstić information content (AvgIpc) is 2.85. The van der Waals surface area contributed by atoms with Crippen LogP contribution in [-0.4, -0.2) is 29.7 Å². The van der Waals surface area contributed by atoms with Crippen LogP contribution < -0.4 is 21.5 Å². The second-order valence-corrected chi connectivity index (χ2v) is 12.0. The van der Waals surface area contributed by atoms with E-state index < -0.39 is 6.10 Å². The molecule has 2 aromatic rings. The number of hydrogen-bond acceptors (Lipinski definition) is 5. The van der Waals surface area contributed by atoms with Gasteiger partial charge in [0.2, 0.25) is 5.91 Å². The number of unbranched alkanes of at least 4 members (excludes halogenated alkanes) is 1. The molecule has 0 radical (unpaired) electrons. The number of nitrogens with one attached hydrogen (secondary N) is 1. The predicted octanol–water partition coefficient (Wildman–Crippen LogP) is 6.16. The van der Waals surface area contributed by atoms with Crippen molar-refractivity contribution in [1.29, 1.82) is 0 Å². The first-order valence-electron chi connectivity index (χ1n) is 14.2. The summed E-state index contributed by atoms with van der Waals surface area (Å²) in [7, 11) is 0. The summed E-state index contributed by atoms with van der Waals surface area (Å²) in [5, 5.41) is 13.0. The molecule has 0 aliphatic rings. The second-order valence-electron chi connectivity index (χ2n) is 12.0. The summed E-state index contributed by atoms with van der Waals surface area (Å²) in [6, 6.07) is 14.3. The maximum Gasteiger partial charge on any atom is 0.248 e. The van der Waals surface area contributed by atoms with Gasteiger partial charge in [0.05, 0.1) is 0 Å². The first-order valence-corrected chi connectivity index (χ1v) is 14.2. The van der Waals surface area contributed by atoms with Gasteiger partial charge in [0.15, 0.2) is 0 Å². The quantitative estimate of drug-likeness (QED) is 0.154. The Labute approximate surface area is 242 Å². The lowest BCUT2D eigenvalue weighted by molar-refractivity contribution is -0.129. The monoisotopic (exact) mass is 561 g/mol. The van der Waals surface area contributed by atoms with Gasteiger partial charge in [0, 0.05) is 23.8 Å². The average molecular weight is 562 g/mol. The summed E-state index contributed by atoms with van der Waals surface area (Å²) >= 11 is 0. The highest BCUT2D eigenvalue weighted by atomic mass is 35.5. The van der Waals surface area contributed by atoms with Crippen LogP contribution in [0.4, 0.5) is 5.69 Å². The lowest BCUT2D eigenvalue weighted by Gasteiger charge is -2.27. The van der Waals surface area contributed by atoms with Crippen molar-refractivity contribution in [3.05, 3.63) is 59.2 Å². The molecular formula is C32H52ClN3O3. The van der Waals surface area contributed by atoms with Crippen LogP contribution in [0.2, 0.25) is 0 Å². The highest BCUT2D eigenvalue weighted by Gasteiger charge is 2.23. The topological polar surface area (TPSA) is 111 Å². The maximum absolute atomic E-state index is 12.1. The first-order chi connectivity index (χ1) is 17.9. The number of nitrogens with two attached hydrogens (primary N) is 2. The third-order valence-corrected chi connectivity index (χ3v) is 7.28. The zero-order valence-corrected chi connectivity index (χ0v) is 25.7. The largest absolute Gasteiger partial charge is 0.489 e. The zero-order chi connectivity index (χ0) is 28.3. The number of ether oxygens (including phenoxy) is 1. The number of aliphatic hydroxyl groups is 1. The van der Waals surface area contributed by atoms with Crippen molar-refractivity contribution in [3.63, 3.8) is 0 Å². The first kappa shape index (κ1) is 34.7. The number of amides is 1. The Bertz CT molecular complexity index is 1010. The van der Waals surface area contributed by atoms with Crippen molar-refractivity contribution in [2.75, 3.05) is 12.3 Å². The van der Waals surface area contributed by atoms with Gasteiger partial charge in [0.25, 0.3) is 0 Å². The van der Waals surface area contributed by atoms with E-state index in [0.29, 0.717) is 37.8 Å². The SMILES string of the molecule is CCCCNC(=O)[C@@H](O)CC[C@H](N)C[C@H](Cc1ccc(C(C)(C)C)c(OCc2ccccc2N)c1)C(C)C.Cl. The zero-order valence-electron chi connectivity index (χ0n) is 24.8. The molecule has 7 heteroatoms. The van der Waals surface area contributed by atoms with Crippen molar-refractivity contribution in [3.8, 4) is 5.75 Å². The molecule has 3 atom stereocenters. The number of anilines is 1. The summed E-state index contributed by atoms with van der Waals surface area (Å²) in [6.45, 7) is 14.1. The van der Waals surface area contributed by atoms with Crippen LogP contribution in [0.5, 0.6) is 5.75 Å². The van der Waals surface area contributed by atoms with Crippen LogP contribution in [-0.2, 0) is 23.2 Å². The molecule has 0 saturated heterocycles. The lowest BCUT2D eigenvalue weighted by Crippen LogP contribution is -2.36. The molecule has 1 amide bonds. The Balaban J connectivity index is 0.00000760. The number of nitrogen functional groups attached to an aromatic ring is 1. The highest BCUT2D eigenvalue weighted by Crippen LogP contribution is 2.34. The van der Waals surface area contributed by atoms with Crippen molar-refractivity contribution in [2.45, 2.75) is 104 Å². The number of rotatable bonds is 15. The fourth-order valence-electron chi connectivity index (χ4n) is 4.66. The molecule has 0 aliphatic carbocycles. The molecule has 2 rings (SSSR count). The van der Waals surface area contributed by atoms with E-state index in [-0.39, 0.29) is 29.8 Å². The van der Waals surface area contributed by atoms with E-state index in [4.69, 9.17) is 16.2 Å². The Morgan fingerprint density at radius 2 is 1.79 bits per heavy atom. The Morgan fingerprint density at radius 1 is 1.10 bits per heavy atom. The molecule has 0 heterocycles. The van der Waals surface area contributed by atoms with Gasteiger partial charge in [-0.15, -0.1) is 12.4 Å². The summed E-state index contributed by atoms with van der Waals surface area (Å²) in [4.78, 5) is 12.1. The van der Waals surface area contributed by atoms with E-state index in [2.05, 4.69) is 65.1 Å². The van der Waals surface area contributed by atoms with Gasteiger partial charge in [-0.25, -0.2) is 0 Å². The summed E-state index contributed by atoms with van der Waals surface area (Å²) in [5.74, 6) is 1.41. The number of carbonyl (C=O) groups is 1. The van der Waals surface area contributed by atoms with Gasteiger partial charge in [-0.2, -0.15) is 0 Å². The molecule has 6 N–H and O–H groups in total. The summed E-state index contributed by atoms with van der Waals surface area (Å²) in [5.41, 5.74) is 16.7. The number of halogens is 1. The molecule has 6 nitrogen and oxygen atoms in total. The Morgan fingerprint density at radius 3 is 2.41 bits per heavy atom. The highest BCUT2D eigenvalue weighted by molar-refractivity contribution is 5.85. The van der Waals surface area contributed by atoms with Gasteiger partial charge in [-0.05, 0) is 72.6 Å². The number of aliphatic hydroxyl groups excluding tert-OH is 1. The molecule has 0 aromatic heterocycles. The second kappa shape index (κ2) is 16.7. The van der Waals surface area contributed by atoms with Crippen molar-refractivity contribution >= 4 is 24.0 Å². The van der Waals surface area contributed by atoms with Gasteiger partial charge in [-0.3, -0.25) is 4.79 Å². The molecule has 0 unspecified atom stereocenters. The number of para-hydroxylation sites is 1. The fourth-order valence-corrected chi connectivity index (χ4v) is 4.66. The van der Waals surface area contributed by atoms with Gasteiger partial charge < -0.3 is 26.6 Å². The third kappa shape index (κ3) is 11.8. The summed E-state index contributed by atoms with van der Waals surface area (Å²) in [6.07, 6.45) is 3.63. The Kier molecular flexibility index (Phi) is 14.9. The standard InChI is InChI=1S/C32H51N3O3.ClH/c1-7-8-17-35-31(37)29(36)16-14-26(33)20-25(22(2)3)18-23-13-15-27(32(4,5)6)30(19-23)38-21-24-11-9-10-12-28(24)34;/h9-13,15,19,22,25-26,29,36H,7-8,14,16-18,20-21,33-34H2,1-6H3,(H,35,37);1H/t25-,26-,29-;/m0./s1. The van der Waals surface area contributed by atoms with E-state index >= 15 is 0 Å². The van der Waals surface area contributed by atoms with Crippen LogP contribution in [0.1, 0.15) is 90.3 Å². The van der Waals surface area contributed by atoms with Crippen LogP contribution in [0, 0.1) is 11.8 Å². The third-order valence-electron chi connectivity index (χ3n) is 7.28. The van der Waals surface area contributed by atoms with Gasteiger partial charge >= 0.3 is 0 Å². The minimum absolute atomic E-state index is 0. The minimum Gasteiger partial charge on any atom is -0.489 e. The van der Waals surface area contributed by atoms with Crippen molar-refractivity contribution in [1.82, 2.24) is 5.32 Å². The van der Waals surface area contributed by atoms with Crippen LogP contribution >= 0.6 is 12.4 Å². The normalized spacial score (nSPS) is 13.9. The van der Waals surface area contributed by atoms with E-state index in [0.717, 1.165) is 42.7 Å². The van der Waals surface area contributed by atoms with Crippen LogP contribution in [0.25, 0.3) is 0 Å². The van der Waals surface area contributed by atoms with Crippen molar-refractivity contribution < 1.29 is 14.6 Å². The van der Waals surface area contributed by atoms with E-state index in [1.807, 2.05) is 24.3 Å². The number of hydrogen-bond donors (Lipinski definition) is 4. The molecule has 0 spiro atoms. The van der Waals surface area contributed by atoms with Gasteiger partial charge in [-0.1, -0.05) is 78.3 Å². The molecule has 0 fully saturated rings. The Hall–Kier alpha value is -2.28. The van der Waals surface area contributed by atoms with Crippen LogP contribution in [0.15, 0.2) is 42.5 Å². The van der Waals surface area contributed by atoms with E-state index in [9.17, 15) is 9.90 Å². The maximum atomic E-state index is 12.1. The predicted molar refractivity (Wildman–Crippen MR) is 165 cm³/mol. The summed E-state index contributed by atoms with van der Waals surface area (Å²) < 4.78 is 6.35. The number of carbonyl (C=O) groups excluding carboxylic acids is 1. The molecule has 0 aliphatic heterocycles. The molecule has 2 aromatic carbocycles. The molecule has 0 saturated carbocycles. The molecule has 0 bridgehead atoms. The molecule has 39 heavy (non-hydrogen) atoms. The van der Waals surface area contributed by atoms with E-state index in [1.54, 1.807) is 0 Å². The van der Waals surface area contributed by atoms with Crippen LogP contribution in [0.3, 0.4) is 0 Å². The van der Waals surface area contributed by atoms with Gasteiger partial charge in [0.1, 0.15) is 18.5 Å².